The Morgan fingerprint density at radius 3 is 2.69 bits per heavy atom. The zero-order chi connectivity index (χ0) is 11.5. The van der Waals surface area contributed by atoms with Crippen LogP contribution in [0.4, 0.5) is 0 Å². The van der Waals surface area contributed by atoms with Crippen molar-refractivity contribution in [1.82, 2.24) is 9.78 Å². The lowest BCUT2D eigenvalue weighted by Crippen LogP contribution is -2.24. The Morgan fingerprint density at radius 2 is 2.06 bits per heavy atom. The van der Waals surface area contributed by atoms with E-state index in [1.165, 1.54) is 19.3 Å². The van der Waals surface area contributed by atoms with Crippen LogP contribution in [-0.4, -0.2) is 9.78 Å². The number of rotatable bonds is 3. The molecule has 0 amide bonds. The summed E-state index contributed by atoms with van der Waals surface area (Å²) < 4.78 is 2.58. The second kappa shape index (κ2) is 5.21. The molecule has 0 bridgehead atoms. The van der Waals surface area contributed by atoms with Crippen LogP contribution in [0.2, 0.25) is 0 Å². The van der Waals surface area contributed by atoms with Gasteiger partial charge in [0.15, 0.2) is 0 Å². The number of aryl methyl sites for hydroxylation is 1. The van der Waals surface area contributed by atoms with E-state index in [0.29, 0.717) is 6.04 Å². The molecule has 1 aliphatic rings. The minimum atomic E-state index is 0.121. The molecule has 1 aromatic heterocycles. The monoisotopic (exact) mass is 286 g/mol. The Balaban J connectivity index is 2.26. The first-order valence-electron chi connectivity index (χ1n) is 6.23. The molecule has 90 valence electrons. The van der Waals surface area contributed by atoms with Crippen LogP contribution in [0, 0.1) is 0 Å². The van der Waals surface area contributed by atoms with Crippen molar-refractivity contribution in [2.45, 2.75) is 57.9 Å². The molecule has 0 aliphatic heterocycles. The topological polar surface area (TPSA) is 37.8 Å². The van der Waals surface area contributed by atoms with Crippen LogP contribution in [0.3, 0.4) is 0 Å². The molecule has 1 N–H and O–H groups in total. The number of nitrogens with zero attached hydrogens (tertiary/aromatic N) is 1. The first kappa shape index (κ1) is 12.0. The Hall–Kier alpha value is -0.510. The third kappa shape index (κ3) is 2.26. The average molecular weight is 287 g/mol. The summed E-state index contributed by atoms with van der Waals surface area (Å²) in [5.74, 6) is 0. The molecule has 0 aromatic carbocycles. The van der Waals surface area contributed by atoms with E-state index < -0.39 is 0 Å². The summed E-state index contributed by atoms with van der Waals surface area (Å²) in [6.45, 7) is 2.13. The number of aromatic amines is 1. The first-order chi connectivity index (χ1) is 7.74. The predicted octanol–water partition coefficient (Wildman–Crippen LogP) is 3.40. The van der Waals surface area contributed by atoms with E-state index in [-0.39, 0.29) is 5.56 Å². The lowest BCUT2D eigenvalue weighted by atomic mass is 9.96. The van der Waals surface area contributed by atoms with Gasteiger partial charge in [0.2, 0.25) is 0 Å². The van der Waals surface area contributed by atoms with Crippen LogP contribution < -0.4 is 5.56 Å². The predicted molar refractivity (Wildman–Crippen MR) is 68.9 cm³/mol. The van der Waals surface area contributed by atoms with E-state index in [2.05, 4.69) is 28.0 Å². The summed E-state index contributed by atoms with van der Waals surface area (Å²) in [6.07, 6.45) is 8.08. The summed E-state index contributed by atoms with van der Waals surface area (Å²) in [5, 5.41) is 3.28. The molecular formula is C12H19BrN2O. The van der Waals surface area contributed by atoms with Crippen molar-refractivity contribution in [3.05, 3.63) is 20.5 Å². The summed E-state index contributed by atoms with van der Waals surface area (Å²) in [5.41, 5.74) is 1.17. The molecule has 1 aromatic rings. The van der Waals surface area contributed by atoms with Crippen molar-refractivity contribution in [3.63, 3.8) is 0 Å². The molecule has 0 atom stereocenters. The fraction of sp³-hybridized carbons (Fsp3) is 0.750. The van der Waals surface area contributed by atoms with Crippen molar-refractivity contribution in [2.24, 2.45) is 0 Å². The molecule has 3 nitrogen and oxygen atoms in total. The van der Waals surface area contributed by atoms with Crippen molar-refractivity contribution in [3.8, 4) is 0 Å². The zero-order valence-corrected chi connectivity index (χ0v) is 11.3. The van der Waals surface area contributed by atoms with Crippen LogP contribution in [0.1, 0.15) is 57.2 Å². The van der Waals surface area contributed by atoms with Gasteiger partial charge in [-0.05, 0) is 35.2 Å². The van der Waals surface area contributed by atoms with Crippen LogP contribution in [0.25, 0.3) is 0 Å². The Morgan fingerprint density at radius 1 is 1.38 bits per heavy atom. The zero-order valence-electron chi connectivity index (χ0n) is 9.76. The van der Waals surface area contributed by atoms with E-state index >= 15 is 0 Å². The normalized spacial score (nSPS) is 17.9. The Bertz CT molecular complexity index is 402. The number of halogens is 1. The second-order valence-corrected chi connectivity index (χ2v) is 5.41. The molecule has 1 aliphatic carbocycles. The van der Waals surface area contributed by atoms with Gasteiger partial charge in [-0.2, -0.15) is 0 Å². The van der Waals surface area contributed by atoms with Gasteiger partial charge in [-0.25, -0.2) is 4.68 Å². The maximum absolute atomic E-state index is 12.0. The van der Waals surface area contributed by atoms with E-state index in [9.17, 15) is 4.79 Å². The third-order valence-corrected chi connectivity index (χ3v) is 4.18. The van der Waals surface area contributed by atoms with E-state index in [4.69, 9.17) is 0 Å². The van der Waals surface area contributed by atoms with E-state index in [1.54, 1.807) is 0 Å². The molecule has 4 heteroatoms. The molecule has 1 heterocycles. The average Bonchev–Trinajstić information content (AvgIpc) is 2.59. The van der Waals surface area contributed by atoms with Gasteiger partial charge in [0.1, 0.15) is 4.47 Å². The third-order valence-electron chi connectivity index (χ3n) is 3.37. The van der Waals surface area contributed by atoms with Crippen molar-refractivity contribution >= 4 is 15.9 Å². The van der Waals surface area contributed by atoms with Crippen molar-refractivity contribution < 1.29 is 0 Å². The largest absolute Gasteiger partial charge is 0.298 e. The van der Waals surface area contributed by atoms with Crippen LogP contribution in [0.15, 0.2) is 9.27 Å². The number of nitrogens with one attached hydrogen (secondary N) is 1. The molecule has 2 rings (SSSR count). The standard InChI is InChI=1S/C12H19BrN2O/c1-2-6-10-11(13)12(16)15(14-10)9-7-4-3-5-8-9/h9,14H,2-8H2,1H3. The van der Waals surface area contributed by atoms with Crippen LogP contribution >= 0.6 is 15.9 Å². The molecule has 0 radical (unpaired) electrons. The Labute approximate surface area is 104 Å². The van der Waals surface area contributed by atoms with Gasteiger partial charge >= 0.3 is 0 Å². The summed E-state index contributed by atoms with van der Waals surface area (Å²) in [7, 11) is 0. The van der Waals surface area contributed by atoms with Crippen LogP contribution in [0.5, 0.6) is 0 Å². The van der Waals surface area contributed by atoms with E-state index in [1.807, 2.05) is 4.68 Å². The smallest absolute Gasteiger partial charge is 0.281 e. The number of aromatic nitrogens is 2. The fourth-order valence-electron chi connectivity index (χ4n) is 2.49. The molecular weight excluding hydrogens is 268 g/mol. The second-order valence-electron chi connectivity index (χ2n) is 4.62. The highest BCUT2D eigenvalue weighted by Gasteiger charge is 2.20. The van der Waals surface area contributed by atoms with E-state index in [0.717, 1.165) is 35.8 Å². The van der Waals surface area contributed by atoms with Gasteiger partial charge in [0.05, 0.1) is 11.7 Å². The van der Waals surface area contributed by atoms with Crippen molar-refractivity contribution in [2.75, 3.05) is 0 Å². The quantitative estimate of drug-likeness (QED) is 0.909. The fourth-order valence-corrected chi connectivity index (χ4v) is 2.97. The maximum atomic E-state index is 12.0. The van der Waals surface area contributed by atoms with Gasteiger partial charge < -0.3 is 0 Å². The van der Waals surface area contributed by atoms with Crippen LogP contribution in [-0.2, 0) is 6.42 Å². The van der Waals surface area contributed by atoms with Gasteiger partial charge in [0, 0.05) is 0 Å². The summed E-state index contributed by atoms with van der Waals surface area (Å²) >= 11 is 3.40. The first-order valence-corrected chi connectivity index (χ1v) is 7.02. The number of H-pyrrole nitrogens is 1. The molecule has 0 unspecified atom stereocenters. The minimum absolute atomic E-state index is 0.121. The highest BCUT2D eigenvalue weighted by molar-refractivity contribution is 9.10. The highest BCUT2D eigenvalue weighted by Crippen LogP contribution is 2.27. The molecule has 1 saturated carbocycles. The molecule has 1 fully saturated rings. The number of hydrogen-bond acceptors (Lipinski definition) is 1. The lowest BCUT2D eigenvalue weighted by Gasteiger charge is -2.21. The highest BCUT2D eigenvalue weighted by atomic mass is 79.9. The number of hydrogen-bond donors (Lipinski definition) is 1. The lowest BCUT2D eigenvalue weighted by molar-refractivity contribution is 0.322. The van der Waals surface area contributed by atoms with Gasteiger partial charge in [-0.15, -0.1) is 0 Å². The maximum Gasteiger partial charge on any atom is 0.281 e. The molecule has 0 spiro atoms. The van der Waals surface area contributed by atoms with Gasteiger partial charge in [-0.1, -0.05) is 32.6 Å². The minimum Gasteiger partial charge on any atom is -0.298 e. The van der Waals surface area contributed by atoms with Crippen molar-refractivity contribution in [1.29, 1.82) is 0 Å². The Kier molecular flexibility index (Phi) is 3.90. The summed E-state index contributed by atoms with van der Waals surface area (Å²) in [4.78, 5) is 12.0. The van der Waals surface area contributed by atoms with Gasteiger partial charge in [-0.3, -0.25) is 9.89 Å². The van der Waals surface area contributed by atoms with Gasteiger partial charge in [0.25, 0.3) is 5.56 Å². The molecule has 16 heavy (non-hydrogen) atoms. The summed E-state index contributed by atoms with van der Waals surface area (Å²) in [6, 6.07) is 0.392. The molecule has 0 saturated heterocycles. The SMILES string of the molecule is CCCc1[nH]n(C2CCCCC2)c(=O)c1Br.